The number of carboxylic acids is 1. The molecule has 0 fully saturated rings. The van der Waals surface area contributed by atoms with Crippen molar-refractivity contribution in [3.8, 4) is 6.07 Å². The Morgan fingerprint density at radius 1 is 1.36 bits per heavy atom. The van der Waals surface area contributed by atoms with Crippen molar-refractivity contribution in [3.05, 3.63) is 35.9 Å². The summed E-state index contributed by atoms with van der Waals surface area (Å²) in [6.07, 6.45) is 0.837. The topological polar surface area (TPSA) is 93.4 Å². The number of rotatable bonds is 7. The highest BCUT2D eigenvalue weighted by Gasteiger charge is 2.20. The molecule has 118 valence electrons. The highest BCUT2D eigenvalue weighted by molar-refractivity contribution is 5.76. The second kappa shape index (κ2) is 8.67. The van der Waals surface area contributed by atoms with Crippen molar-refractivity contribution in [3.63, 3.8) is 0 Å². The molecule has 6 nitrogen and oxygen atoms in total. The minimum absolute atomic E-state index is 0.126. The van der Waals surface area contributed by atoms with Gasteiger partial charge in [0.2, 0.25) is 0 Å². The Balaban J connectivity index is 2.71. The fourth-order valence-corrected chi connectivity index (χ4v) is 2.05. The van der Waals surface area contributed by atoms with E-state index >= 15 is 0 Å². The van der Waals surface area contributed by atoms with Crippen LogP contribution in [-0.4, -0.2) is 35.6 Å². The van der Waals surface area contributed by atoms with Crippen LogP contribution in [0.15, 0.2) is 30.3 Å². The van der Waals surface area contributed by atoms with E-state index < -0.39 is 11.9 Å². The first-order chi connectivity index (χ1) is 10.5. The van der Waals surface area contributed by atoms with Crippen molar-refractivity contribution in [1.29, 1.82) is 5.26 Å². The molecule has 0 aliphatic rings. The molecule has 0 spiro atoms. The minimum atomic E-state index is -0.941. The van der Waals surface area contributed by atoms with E-state index in [1.165, 1.54) is 4.90 Å². The summed E-state index contributed by atoms with van der Waals surface area (Å²) in [7, 11) is 1.56. The number of aliphatic carboxylic acids is 1. The molecule has 2 unspecified atom stereocenters. The molecule has 0 aliphatic heterocycles. The molecule has 1 rings (SSSR count). The number of nitrogens with one attached hydrogen (secondary N) is 1. The lowest BCUT2D eigenvalue weighted by Gasteiger charge is -2.24. The van der Waals surface area contributed by atoms with Gasteiger partial charge in [-0.3, -0.25) is 4.79 Å². The van der Waals surface area contributed by atoms with Gasteiger partial charge in [0.25, 0.3) is 0 Å². The fraction of sp³-hybridized carbons (Fsp3) is 0.438. The van der Waals surface area contributed by atoms with E-state index in [0.29, 0.717) is 12.8 Å². The molecule has 0 saturated heterocycles. The van der Waals surface area contributed by atoms with Crippen molar-refractivity contribution in [1.82, 2.24) is 10.2 Å². The first kappa shape index (κ1) is 17.5. The van der Waals surface area contributed by atoms with E-state index in [0.717, 1.165) is 5.56 Å². The maximum Gasteiger partial charge on any atom is 0.317 e. The number of urea groups is 1. The Kier molecular flexibility index (Phi) is 6.90. The molecule has 0 bridgehead atoms. The Morgan fingerprint density at radius 2 is 2.00 bits per heavy atom. The van der Waals surface area contributed by atoms with Gasteiger partial charge in [0, 0.05) is 20.0 Å². The summed E-state index contributed by atoms with van der Waals surface area (Å²) in [6, 6.07) is 10.9. The number of hydrogen-bond acceptors (Lipinski definition) is 3. The second-order valence-corrected chi connectivity index (χ2v) is 5.23. The van der Waals surface area contributed by atoms with Gasteiger partial charge in [-0.25, -0.2) is 4.79 Å². The number of nitrogens with zero attached hydrogens (tertiary/aromatic N) is 2. The zero-order valence-electron chi connectivity index (χ0n) is 12.8. The maximum atomic E-state index is 12.2. The summed E-state index contributed by atoms with van der Waals surface area (Å²) in [5.74, 6) is -1.58. The summed E-state index contributed by atoms with van der Waals surface area (Å²) in [6.45, 7) is 1.68. The third-order valence-electron chi connectivity index (χ3n) is 3.36. The van der Waals surface area contributed by atoms with Gasteiger partial charge in [0.05, 0.1) is 18.0 Å². The molecule has 0 aliphatic carbocycles. The number of carbonyl (C=O) groups excluding carboxylic acids is 1. The van der Waals surface area contributed by atoms with Gasteiger partial charge in [-0.1, -0.05) is 37.3 Å². The van der Waals surface area contributed by atoms with Crippen molar-refractivity contribution < 1.29 is 14.7 Å². The molecule has 6 heteroatoms. The Bertz CT molecular complexity index is 539. The summed E-state index contributed by atoms with van der Waals surface area (Å²) in [5, 5.41) is 20.5. The van der Waals surface area contributed by atoms with Crippen LogP contribution in [0.2, 0.25) is 0 Å². The van der Waals surface area contributed by atoms with Gasteiger partial charge >= 0.3 is 12.0 Å². The van der Waals surface area contributed by atoms with Crippen LogP contribution in [0, 0.1) is 17.2 Å². The molecule has 22 heavy (non-hydrogen) atoms. The van der Waals surface area contributed by atoms with Gasteiger partial charge in [-0.2, -0.15) is 5.26 Å². The quantitative estimate of drug-likeness (QED) is 0.808. The molecule has 1 aromatic rings. The average molecular weight is 303 g/mol. The minimum Gasteiger partial charge on any atom is -0.481 e. The molecule has 1 aromatic carbocycles. The summed E-state index contributed by atoms with van der Waals surface area (Å²) < 4.78 is 0. The molecule has 2 amide bonds. The molecular weight excluding hydrogens is 282 g/mol. The maximum absolute atomic E-state index is 12.2. The average Bonchev–Trinajstić information content (AvgIpc) is 2.51. The van der Waals surface area contributed by atoms with Crippen LogP contribution in [0.1, 0.15) is 31.4 Å². The van der Waals surface area contributed by atoms with Gasteiger partial charge in [-0.15, -0.1) is 0 Å². The molecule has 2 atom stereocenters. The molecule has 2 N–H and O–H groups in total. The highest BCUT2D eigenvalue weighted by Crippen LogP contribution is 2.18. The van der Waals surface area contributed by atoms with Crippen LogP contribution < -0.4 is 5.32 Å². The predicted octanol–water partition coefficient (Wildman–Crippen LogP) is 2.39. The lowest BCUT2D eigenvalue weighted by atomic mass is 10.0. The summed E-state index contributed by atoms with van der Waals surface area (Å²) >= 11 is 0. The standard InChI is InChI=1S/C16H21N3O3/c1-12(15(20)21)11-19(2)16(22)18-14(9-6-10-17)13-7-4-3-5-8-13/h3-5,7-8,12,14H,6,9,11H2,1-2H3,(H,18,22)(H,20,21). The first-order valence-electron chi connectivity index (χ1n) is 7.12. The van der Waals surface area contributed by atoms with E-state index in [4.69, 9.17) is 10.4 Å². The van der Waals surface area contributed by atoms with Crippen molar-refractivity contribution in [2.45, 2.75) is 25.8 Å². The van der Waals surface area contributed by atoms with E-state index in [2.05, 4.69) is 11.4 Å². The zero-order chi connectivity index (χ0) is 16.5. The van der Waals surface area contributed by atoms with Crippen LogP contribution in [0.3, 0.4) is 0 Å². The van der Waals surface area contributed by atoms with Gasteiger partial charge < -0.3 is 15.3 Å². The monoisotopic (exact) mass is 303 g/mol. The van der Waals surface area contributed by atoms with Gasteiger partial charge in [0.1, 0.15) is 0 Å². The molecular formula is C16H21N3O3. The van der Waals surface area contributed by atoms with E-state index in [1.54, 1.807) is 14.0 Å². The number of nitriles is 1. The SMILES string of the molecule is CC(CN(C)C(=O)NC(CCC#N)c1ccccc1)C(=O)O. The Labute approximate surface area is 130 Å². The fourth-order valence-electron chi connectivity index (χ4n) is 2.05. The van der Waals surface area contributed by atoms with E-state index in [-0.39, 0.29) is 18.6 Å². The van der Waals surface area contributed by atoms with Crippen LogP contribution in [0.25, 0.3) is 0 Å². The second-order valence-electron chi connectivity index (χ2n) is 5.23. The largest absolute Gasteiger partial charge is 0.481 e. The van der Waals surface area contributed by atoms with Crippen molar-refractivity contribution in [2.24, 2.45) is 5.92 Å². The zero-order valence-corrected chi connectivity index (χ0v) is 12.8. The van der Waals surface area contributed by atoms with E-state index in [9.17, 15) is 9.59 Å². The molecule has 0 heterocycles. The lowest BCUT2D eigenvalue weighted by molar-refractivity contribution is -0.141. The van der Waals surface area contributed by atoms with Crippen LogP contribution in [0.5, 0.6) is 0 Å². The third-order valence-corrected chi connectivity index (χ3v) is 3.36. The number of hydrogen-bond donors (Lipinski definition) is 2. The summed E-state index contributed by atoms with van der Waals surface area (Å²) in [5.41, 5.74) is 0.922. The number of carboxylic acid groups (broad SMARTS) is 1. The smallest absolute Gasteiger partial charge is 0.317 e. The number of carbonyl (C=O) groups is 2. The number of amides is 2. The van der Waals surface area contributed by atoms with Gasteiger partial charge in [0.15, 0.2) is 0 Å². The van der Waals surface area contributed by atoms with Crippen LogP contribution in [0.4, 0.5) is 4.79 Å². The van der Waals surface area contributed by atoms with Crippen molar-refractivity contribution in [2.75, 3.05) is 13.6 Å². The molecule has 0 aromatic heterocycles. The third kappa shape index (κ3) is 5.44. The first-order valence-corrected chi connectivity index (χ1v) is 7.12. The van der Waals surface area contributed by atoms with E-state index in [1.807, 2.05) is 30.3 Å². The normalized spacial score (nSPS) is 12.8. The Hall–Kier alpha value is -2.55. The molecule has 0 saturated carbocycles. The lowest BCUT2D eigenvalue weighted by Crippen LogP contribution is -2.42. The summed E-state index contributed by atoms with van der Waals surface area (Å²) in [4.78, 5) is 24.4. The Morgan fingerprint density at radius 3 is 2.55 bits per heavy atom. The number of benzene rings is 1. The van der Waals surface area contributed by atoms with Crippen LogP contribution in [-0.2, 0) is 4.79 Å². The predicted molar refractivity (Wildman–Crippen MR) is 82.0 cm³/mol. The molecule has 0 radical (unpaired) electrons. The van der Waals surface area contributed by atoms with Crippen molar-refractivity contribution >= 4 is 12.0 Å². The van der Waals surface area contributed by atoms with Crippen LogP contribution >= 0.6 is 0 Å². The van der Waals surface area contributed by atoms with Gasteiger partial charge in [-0.05, 0) is 12.0 Å². The highest BCUT2D eigenvalue weighted by atomic mass is 16.4.